The van der Waals surface area contributed by atoms with Crippen LogP contribution in [0.1, 0.15) is 30.3 Å². The first-order valence-corrected chi connectivity index (χ1v) is 6.08. The van der Waals surface area contributed by atoms with Gasteiger partial charge in [0.25, 0.3) is 5.91 Å². The van der Waals surface area contributed by atoms with Crippen molar-refractivity contribution in [2.45, 2.75) is 19.8 Å². The topological polar surface area (TPSA) is 72.6 Å². The van der Waals surface area contributed by atoms with Crippen LogP contribution in [0.3, 0.4) is 0 Å². The van der Waals surface area contributed by atoms with Crippen LogP contribution in [-0.4, -0.2) is 41.6 Å². The Kier molecular flexibility index (Phi) is 3.96. The molecule has 0 unspecified atom stereocenters. The molecule has 1 amide bonds. The zero-order valence-corrected chi connectivity index (χ0v) is 10.3. The molecule has 0 saturated carbocycles. The van der Waals surface area contributed by atoms with E-state index in [9.17, 15) is 9.59 Å². The predicted octanol–water partition coefficient (Wildman–Crippen LogP) is 1.09. The molecule has 0 radical (unpaired) electrons. The third kappa shape index (κ3) is 2.69. The Labute approximate surface area is 105 Å². The first-order valence-electron chi connectivity index (χ1n) is 6.08. The summed E-state index contributed by atoms with van der Waals surface area (Å²) in [5.41, 5.74) is 0.277. The number of carbonyl (C=O) groups is 2. The van der Waals surface area contributed by atoms with E-state index in [4.69, 9.17) is 4.74 Å². The van der Waals surface area contributed by atoms with E-state index in [1.165, 1.54) is 12.3 Å². The molecule has 1 aliphatic rings. The van der Waals surface area contributed by atoms with E-state index in [1.807, 2.05) is 0 Å². The van der Waals surface area contributed by atoms with Gasteiger partial charge in [-0.15, -0.1) is 0 Å². The summed E-state index contributed by atoms with van der Waals surface area (Å²) in [6.45, 7) is 3.18. The van der Waals surface area contributed by atoms with Crippen molar-refractivity contribution in [3.8, 4) is 0 Å². The first-order chi connectivity index (χ1) is 8.72. The van der Waals surface area contributed by atoms with Crippen LogP contribution >= 0.6 is 0 Å². The third-order valence-electron chi connectivity index (χ3n) is 2.99. The molecular formula is C12H16N2O4. The lowest BCUT2D eigenvalue weighted by molar-refractivity contribution is -0.149. The molecule has 6 nitrogen and oxygen atoms in total. The lowest BCUT2D eigenvalue weighted by atomic mass is 9.98. The molecule has 1 saturated heterocycles. The summed E-state index contributed by atoms with van der Waals surface area (Å²) in [4.78, 5) is 25.3. The lowest BCUT2D eigenvalue weighted by Crippen LogP contribution is -2.42. The zero-order chi connectivity index (χ0) is 13.0. The second-order valence-corrected chi connectivity index (χ2v) is 4.23. The Hall–Kier alpha value is -1.85. The van der Waals surface area contributed by atoms with Crippen LogP contribution in [0.15, 0.2) is 16.9 Å². The van der Waals surface area contributed by atoms with E-state index in [-0.39, 0.29) is 23.5 Å². The molecular weight excluding hydrogens is 236 g/mol. The molecule has 1 aliphatic heterocycles. The van der Waals surface area contributed by atoms with Crippen LogP contribution < -0.4 is 0 Å². The summed E-state index contributed by atoms with van der Waals surface area (Å²) in [6.07, 6.45) is 2.93. The minimum absolute atomic E-state index is 0.197. The number of hydrogen-bond acceptors (Lipinski definition) is 5. The highest BCUT2D eigenvalue weighted by atomic mass is 16.5. The van der Waals surface area contributed by atoms with Crippen LogP contribution in [0.25, 0.3) is 0 Å². The molecule has 18 heavy (non-hydrogen) atoms. The van der Waals surface area contributed by atoms with Crippen LogP contribution in [0.5, 0.6) is 0 Å². The minimum atomic E-state index is -0.227. The van der Waals surface area contributed by atoms with Crippen molar-refractivity contribution in [2.75, 3.05) is 19.7 Å². The van der Waals surface area contributed by atoms with Crippen molar-refractivity contribution in [3.05, 3.63) is 18.0 Å². The summed E-state index contributed by atoms with van der Waals surface area (Å²) in [5, 5.41) is 3.62. The van der Waals surface area contributed by atoms with Gasteiger partial charge in [0.2, 0.25) is 0 Å². The van der Waals surface area contributed by atoms with Crippen LogP contribution in [0.2, 0.25) is 0 Å². The third-order valence-corrected chi connectivity index (χ3v) is 2.99. The number of piperidine rings is 1. The van der Waals surface area contributed by atoms with Gasteiger partial charge < -0.3 is 14.2 Å². The highest BCUT2D eigenvalue weighted by Gasteiger charge is 2.30. The quantitative estimate of drug-likeness (QED) is 0.753. The van der Waals surface area contributed by atoms with Crippen LogP contribution in [0, 0.1) is 5.92 Å². The first kappa shape index (κ1) is 12.6. The molecule has 2 rings (SSSR count). The summed E-state index contributed by atoms with van der Waals surface area (Å²) in [6, 6.07) is 1.52. The van der Waals surface area contributed by atoms with Gasteiger partial charge in [-0.1, -0.05) is 5.16 Å². The molecule has 98 valence electrons. The Morgan fingerprint density at radius 1 is 1.61 bits per heavy atom. The van der Waals surface area contributed by atoms with E-state index in [0.29, 0.717) is 19.7 Å². The molecule has 1 aromatic heterocycles. The lowest BCUT2D eigenvalue weighted by Gasteiger charge is -2.30. The molecule has 0 aliphatic carbocycles. The molecule has 1 aromatic rings. The summed E-state index contributed by atoms with van der Waals surface area (Å²) in [5.74, 6) is -0.651. The maximum absolute atomic E-state index is 12.0. The number of amides is 1. The number of carbonyl (C=O) groups excluding carboxylic acids is 2. The minimum Gasteiger partial charge on any atom is -0.466 e. The number of aromatic nitrogens is 1. The van der Waals surface area contributed by atoms with Crippen LogP contribution in [0.4, 0.5) is 0 Å². The molecule has 0 spiro atoms. The fourth-order valence-corrected chi connectivity index (χ4v) is 2.10. The Bertz CT molecular complexity index is 416. The molecule has 0 aromatic carbocycles. The van der Waals surface area contributed by atoms with E-state index >= 15 is 0 Å². The van der Waals surface area contributed by atoms with Crippen molar-refractivity contribution >= 4 is 11.9 Å². The van der Waals surface area contributed by atoms with E-state index < -0.39 is 0 Å². The van der Waals surface area contributed by atoms with E-state index in [0.717, 1.165) is 12.8 Å². The Balaban J connectivity index is 1.98. The monoisotopic (exact) mass is 252 g/mol. The number of ether oxygens (including phenoxy) is 1. The number of rotatable bonds is 3. The van der Waals surface area contributed by atoms with Crippen molar-refractivity contribution < 1.29 is 18.8 Å². The summed E-state index contributed by atoms with van der Waals surface area (Å²) in [7, 11) is 0. The average molecular weight is 252 g/mol. The second kappa shape index (κ2) is 5.66. The molecule has 0 N–H and O–H groups in total. The SMILES string of the molecule is CCOC(=O)[C@H]1CCCN(C(=O)c2ccon2)C1. The Morgan fingerprint density at radius 2 is 2.44 bits per heavy atom. The van der Waals surface area contributed by atoms with Gasteiger partial charge in [0.15, 0.2) is 5.69 Å². The van der Waals surface area contributed by atoms with Gasteiger partial charge in [-0.2, -0.15) is 0 Å². The molecule has 6 heteroatoms. The van der Waals surface area contributed by atoms with Crippen LogP contribution in [-0.2, 0) is 9.53 Å². The van der Waals surface area contributed by atoms with Gasteiger partial charge in [0.05, 0.1) is 12.5 Å². The number of nitrogens with zero attached hydrogens (tertiary/aromatic N) is 2. The normalized spacial score (nSPS) is 19.6. The van der Waals surface area contributed by atoms with Gasteiger partial charge in [-0.3, -0.25) is 9.59 Å². The van der Waals surface area contributed by atoms with E-state index in [2.05, 4.69) is 9.68 Å². The fourth-order valence-electron chi connectivity index (χ4n) is 2.10. The van der Waals surface area contributed by atoms with Gasteiger partial charge in [-0.05, 0) is 19.8 Å². The average Bonchev–Trinajstić information content (AvgIpc) is 2.92. The molecule has 1 atom stereocenters. The molecule has 2 heterocycles. The highest BCUT2D eigenvalue weighted by molar-refractivity contribution is 5.92. The van der Waals surface area contributed by atoms with Gasteiger partial charge in [0.1, 0.15) is 6.26 Å². The maximum atomic E-state index is 12.0. The summed E-state index contributed by atoms with van der Waals surface area (Å²) >= 11 is 0. The van der Waals surface area contributed by atoms with Crippen molar-refractivity contribution in [2.24, 2.45) is 5.92 Å². The Morgan fingerprint density at radius 3 is 3.11 bits per heavy atom. The predicted molar refractivity (Wildman–Crippen MR) is 61.8 cm³/mol. The second-order valence-electron chi connectivity index (χ2n) is 4.23. The van der Waals surface area contributed by atoms with Gasteiger partial charge in [-0.25, -0.2) is 0 Å². The maximum Gasteiger partial charge on any atom is 0.310 e. The number of likely N-dealkylation sites (tertiary alicyclic amines) is 1. The fraction of sp³-hybridized carbons (Fsp3) is 0.583. The number of hydrogen-bond donors (Lipinski definition) is 0. The number of esters is 1. The van der Waals surface area contributed by atoms with Gasteiger partial charge >= 0.3 is 5.97 Å². The smallest absolute Gasteiger partial charge is 0.310 e. The van der Waals surface area contributed by atoms with E-state index in [1.54, 1.807) is 11.8 Å². The summed E-state index contributed by atoms with van der Waals surface area (Å²) < 4.78 is 9.64. The van der Waals surface area contributed by atoms with Crippen molar-refractivity contribution in [1.82, 2.24) is 10.1 Å². The van der Waals surface area contributed by atoms with Crippen molar-refractivity contribution in [1.29, 1.82) is 0 Å². The molecule has 1 fully saturated rings. The largest absolute Gasteiger partial charge is 0.466 e. The van der Waals surface area contributed by atoms with Crippen molar-refractivity contribution in [3.63, 3.8) is 0 Å². The highest BCUT2D eigenvalue weighted by Crippen LogP contribution is 2.19. The molecule has 0 bridgehead atoms. The van der Waals surface area contributed by atoms with Gasteiger partial charge in [0, 0.05) is 19.2 Å². The standard InChI is InChI=1S/C12H16N2O4/c1-2-17-12(16)9-4-3-6-14(8-9)11(15)10-5-7-18-13-10/h5,7,9H,2-4,6,8H2,1H3/t9-/m0/s1. The zero-order valence-electron chi connectivity index (χ0n) is 10.3.